The molecule has 1 aliphatic heterocycles. The maximum absolute atomic E-state index is 12.6. The van der Waals surface area contributed by atoms with Crippen LogP contribution in [0, 0.1) is 0 Å². The summed E-state index contributed by atoms with van der Waals surface area (Å²) in [5.41, 5.74) is -1.58. The lowest BCUT2D eigenvalue weighted by atomic mass is 10.1. The van der Waals surface area contributed by atoms with Crippen LogP contribution in [0.5, 0.6) is 11.5 Å². The van der Waals surface area contributed by atoms with E-state index in [4.69, 9.17) is 9.47 Å². The van der Waals surface area contributed by atoms with Gasteiger partial charge in [0.1, 0.15) is 17.6 Å². The summed E-state index contributed by atoms with van der Waals surface area (Å²) in [5.74, 6) is 1.66. The van der Waals surface area contributed by atoms with Crippen LogP contribution in [-0.2, 0) is 23.0 Å². The Kier molecular flexibility index (Phi) is 7.07. The number of Topliss-reactive ketones (excluding diaryl/α,β-unsaturated/α-hetero) is 1. The van der Waals surface area contributed by atoms with Gasteiger partial charge >= 0.3 is 5.51 Å². The number of carbonyl (C=O) groups excluding carboxylic acids is 1. The Hall–Kier alpha value is -3.57. The number of benzene rings is 2. The second kappa shape index (κ2) is 10.4. The highest BCUT2D eigenvalue weighted by Gasteiger charge is 2.29. The van der Waals surface area contributed by atoms with Crippen molar-refractivity contribution in [2.45, 2.75) is 35.8 Å². The minimum absolute atomic E-state index is 0.0193. The predicted octanol–water partition coefficient (Wildman–Crippen LogP) is 6.41. The van der Waals surface area contributed by atoms with Crippen molar-refractivity contribution in [1.29, 1.82) is 0 Å². The van der Waals surface area contributed by atoms with Gasteiger partial charge < -0.3 is 19.4 Å². The summed E-state index contributed by atoms with van der Waals surface area (Å²) in [6.45, 7) is 0.619. The molecule has 1 fully saturated rings. The fourth-order valence-electron chi connectivity index (χ4n) is 4.10. The highest BCUT2D eigenvalue weighted by atomic mass is 32.2. The van der Waals surface area contributed by atoms with Gasteiger partial charge in [-0.2, -0.15) is 13.2 Å². The molecule has 1 unspecified atom stereocenters. The van der Waals surface area contributed by atoms with E-state index >= 15 is 0 Å². The van der Waals surface area contributed by atoms with Crippen molar-refractivity contribution in [1.82, 2.24) is 14.5 Å². The summed E-state index contributed by atoms with van der Waals surface area (Å²) in [5, 5.41) is 3.14. The molecule has 2 aromatic carbocycles. The molecule has 4 aromatic rings. The van der Waals surface area contributed by atoms with Crippen molar-refractivity contribution in [3.63, 3.8) is 0 Å². The molecular weight excluding hydrogens is 505 g/mol. The van der Waals surface area contributed by atoms with Crippen LogP contribution in [0.1, 0.15) is 18.5 Å². The van der Waals surface area contributed by atoms with Gasteiger partial charge in [-0.05, 0) is 67.1 Å². The first-order valence-electron chi connectivity index (χ1n) is 11.6. The maximum atomic E-state index is 12.6. The number of hydrogen-bond acceptors (Lipinski definition) is 7. The van der Waals surface area contributed by atoms with Gasteiger partial charge in [-0.1, -0.05) is 0 Å². The van der Waals surface area contributed by atoms with Crippen molar-refractivity contribution >= 4 is 40.2 Å². The highest BCUT2D eigenvalue weighted by Crippen LogP contribution is 2.37. The molecule has 1 atom stereocenters. The van der Waals surface area contributed by atoms with Crippen LogP contribution in [0.15, 0.2) is 65.7 Å². The molecular formula is C26H23F3N4O3S. The average Bonchev–Trinajstić information content (AvgIpc) is 3.49. The van der Waals surface area contributed by atoms with Crippen molar-refractivity contribution < 1.29 is 27.4 Å². The molecule has 37 heavy (non-hydrogen) atoms. The number of anilines is 2. The van der Waals surface area contributed by atoms with Gasteiger partial charge in [-0.15, -0.1) is 0 Å². The third-order valence-corrected chi connectivity index (χ3v) is 6.60. The number of aryl methyl sites for hydroxylation is 1. The molecule has 192 valence electrons. The third kappa shape index (κ3) is 6.23. The number of rotatable bonds is 8. The number of nitrogens with zero attached hydrogens (tertiary/aromatic N) is 3. The fraction of sp³-hybridized carbons (Fsp3) is 0.269. The molecule has 0 amide bonds. The third-order valence-electron chi connectivity index (χ3n) is 5.86. The molecule has 0 spiro atoms. The van der Waals surface area contributed by atoms with E-state index in [0.717, 1.165) is 18.4 Å². The van der Waals surface area contributed by atoms with Gasteiger partial charge in [0.2, 0.25) is 5.95 Å². The second-order valence-corrected chi connectivity index (χ2v) is 9.71. The van der Waals surface area contributed by atoms with E-state index < -0.39 is 5.51 Å². The Bertz CT molecular complexity index is 1420. The summed E-state index contributed by atoms with van der Waals surface area (Å²) in [7, 11) is 1.84. The number of aromatic nitrogens is 3. The van der Waals surface area contributed by atoms with Crippen LogP contribution in [0.4, 0.5) is 24.8 Å². The van der Waals surface area contributed by atoms with Crippen molar-refractivity contribution in [3.8, 4) is 11.5 Å². The van der Waals surface area contributed by atoms with Gasteiger partial charge in [0.15, 0.2) is 5.78 Å². The SMILES string of the molecule is Cn1c(Nc2ccc(SC(F)(F)F)cc2)nc2cc(Oc3ccnc(CC(=O)C4CCCO4)c3)ccc21. The van der Waals surface area contributed by atoms with Crippen LogP contribution in [-0.4, -0.2) is 38.5 Å². The van der Waals surface area contributed by atoms with Crippen molar-refractivity contribution in [3.05, 3.63) is 66.5 Å². The Labute approximate surface area is 215 Å². The molecule has 2 aromatic heterocycles. The minimum Gasteiger partial charge on any atom is -0.457 e. The number of alkyl halides is 3. The number of ether oxygens (including phenoxy) is 2. The number of pyridine rings is 1. The monoisotopic (exact) mass is 528 g/mol. The van der Waals surface area contributed by atoms with Gasteiger partial charge in [0.25, 0.3) is 0 Å². The predicted molar refractivity (Wildman–Crippen MR) is 134 cm³/mol. The highest BCUT2D eigenvalue weighted by molar-refractivity contribution is 8.00. The standard InChI is InChI=1S/C26H23F3N4O3S/c1-33-22-9-6-18(36-19-10-11-30-17(13-19)14-23(34)24-3-2-12-35-24)15-21(22)32-25(33)31-16-4-7-20(8-5-16)37-26(27,28)29/h4-11,13,15,24H,2-3,12,14H2,1H3,(H,31,32). The van der Waals surface area contributed by atoms with Crippen LogP contribution in [0.2, 0.25) is 0 Å². The smallest absolute Gasteiger partial charge is 0.446 e. The molecule has 1 N–H and O–H groups in total. The molecule has 1 saturated heterocycles. The molecule has 5 rings (SSSR count). The number of carbonyl (C=O) groups is 1. The summed E-state index contributed by atoms with van der Waals surface area (Å²) in [4.78, 5) is 21.4. The number of halogens is 3. The minimum atomic E-state index is -4.33. The lowest BCUT2D eigenvalue weighted by Gasteiger charge is -2.09. The molecule has 0 saturated carbocycles. The quantitative estimate of drug-likeness (QED) is 0.265. The summed E-state index contributed by atoms with van der Waals surface area (Å²) < 4.78 is 51.0. The zero-order valence-corrected chi connectivity index (χ0v) is 20.6. The normalized spacial score (nSPS) is 15.7. The Morgan fingerprint density at radius 1 is 1.16 bits per heavy atom. The molecule has 3 heterocycles. The van der Waals surface area contributed by atoms with Crippen LogP contribution >= 0.6 is 11.8 Å². The molecule has 1 aliphatic rings. The number of fused-ring (bicyclic) bond motifs is 1. The zero-order chi connectivity index (χ0) is 26.0. The fourth-order valence-corrected chi connectivity index (χ4v) is 4.64. The average molecular weight is 529 g/mol. The number of thioether (sulfide) groups is 1. The summed E-state index contributed by atoms with van der Waals surface area (Å²) >= 11 is -0.155. The second-order valence-electron chi connectivity index (χ2n) is 8.57. The lowest BCUT2D eigenvalue weighted by molar-refractivity contribution is -0.127. The number of imidazole rings is 1. The first-order valence-corrected chi connectivity index (χ1v) is 12.4. The van der Waals surface area contributed by atoms with E-state index in [2.05, 4.69) is 15.3 Å². The number of ketones is 1. The van der Waals surface area contributed by atoms with E-state index in [1.807, 2.05) is 23.7 Å². The summed E-state index contributed by atoms with van der Waals surface area (Å²) in [6.07, 6.45) is 3.09. The van der Waals surface area contributed by atoms with Crippen molar-refractivity contribution in [2.75, 3.05) is 11.9 Å². The van der Waals surface area contributed by atoms with Gasteiger partial charge in [0.05, 0.1) is 23.1 Å². The molecule has 7 nitrogen and oxygen atoms in total. The van der Waals surface area contributed by atoms with E-state index in [0.29, 0.717) is 41.0 Å². The maximum Gasteiger partial charge on any atom is 0.446 e. The zero-order valence-electron chi connectivity index (χ0n) is 19.8. The molecule has 0 radical (unpaired) electrons. The Balaban J connectivity index is 1.28. The van der Waals surface area contributed by atoms with Gasteiger partial charge in [-0.25, -0.2) is 4.98 Å². The van der Waals surface area contributed by atoms with Crippen LogP contribution in [0.25, 0.3) is 11.0 Å². The molecule has 0 bridgehead atoms. The number of nitrogens with one attached hydrogen (secondary N) is 1. The van der Waals surface area contributed by atoms with Gasteiger partial charge in [0, 0.05) is 42.6 Å². The largest absolute Gasteiger partial charge is 0.457 e. The molecule has 0 aliphatic carbocycles. The summed E-state index contributed by atoms with van der Waals surface area (Å²) in [6, 6.07) is 14.9. The van der Waals surface area contributed by atoms with E-state index in [1.54, 1.807) is 36.5 Å². The first-order chi connectivity index (χ1) is 17.7. The van der Waals surface area contributed by atoms with E-state index in [9.17, 15) is 18.0 Å². The Morgan fingerprint density at radius 2 is 1.95 bits per heavy atom. The lowest BCUT2D eigenvalue weighted by Crippen LogP contribution is -2.21. The first kappa shape index (κ1) is 25.1. The van der Waals surface area contributed by atoms with Crippen molar-refractivity contribution in [2.24, 2.45) is 7.05 Å². The number of hydrogen-bond donors (Lipinski definition) is 1. The topological polar surface area (TPSA) is 78.3 Å². The van der Waals surface area contributed by atoms with Crippen LogP contribution in [0.3, 0.4) is 0 Å². The van der Waals surface area contributed by atoms with E-state index in [-0.39, 0.29) is 35.0 Å². The van der Waals surface area contributed by atoms with Crippen LogP contribution < -0.4 is 10.1 Å². The Morgan fingerprint density at radius 3 is 2.68 bits per heavy atom. The van der Waals surface area contributed by atoms with Gasteiger partial charge in [-0.3, -0.25) is 9.78 Å². The van der Waals surface area contributed by atoms with E-state index in [1.165, 1.54) is 12.1 Å². The molecule has 11 heteroatoms.